The first kappa shape index (κ1) is 18.8. The van der Waals surface area contributed by atoms with Gasteiger partial charge in [-0.25, -0.2) is 13.1 Å². The number of methoxy groups -OCH3 is 2. The number of nitrogens with one attached hydrogen (secondary N) is 1. The van der Waals surface area contributed by atoms with Crippen LogP contribution in [0.25, 0.3) is 0 Å². The molecule has 1 atom stereocenters. The summed E-state index contributed by atoms with van der Waals surface area (Å²) in [5, 5.41) is 0. The summed E-state index contributed by atoms with van der Waals surface area (Å²) in [6.07, 6.45) is 3.83. The number of rotatable bonds is 8. The quantitative estimate of drug-likeness (QED) is 0.757. The molecule has 1 fully saturated rings. The van der Waals surface area contributed by atoms with Crippen molar-refractivity contribution in [3.05, 3.63) is 42.4 Å². The van der Waals surface area contributed by atoms with Crippen molar-refractivity contribution in [1.29, 1.82) is 0 Å². The van der Waals surface area contributed by atoms with Crippen LogP contribution in [0.1, 0.15) is 24.6 Å². The van der Waals surface area contributed by atoms with E-state index in [1.54, 1.807) is 12.3 Å². The van der Waals surface area contributed by atoms with E-state index in [0.29, 0.717) is 11.5 Å². The zero-order valence-corrected chi connectivity index (χ0v) is 15.8. The van der Waals surface area contributed by atoms with Gasteiger partial charge in [0, 0.05) is 12.6 Å². The van der Waals surface area contributed by atoms with E-state index in [1.165, 1.54) is 26.4 Å². The Balaban J connectivity index is 1.77. The molecule has 0 radical (unpaired) electrons. The summed E-state index contributed by atoms with van der Waals surface area (Å²) in [6, 6.07) is 8.12. The van der Waals surface area contributed by atoms with Crippen LogP contribution >= 0.6 is 0 Å². The molecule has 0 saturated carbocycles. The van der Waals surface area contributed by atoms with Gasteiger partial charge >= 0.3 is 0 Å². The third-order valence-corrected chi connectivity index (χ3v) is 6.01. The molecule has 0 bridgehead atoms. The van der Waals surface area contributed by atoms with Crippen LogP contribution in [0.5, 0.6) is 11.5 Å². The smallest absolute Gasteiger partial charge is 0.240 e. The van der Waals surface area contributed by atoms with Gasteiger partial charge in [0.05, 0.1) is 31.4 Å². The van der Waals surface area contributed by atoms with Crippen molar-refractivity contribution in [2.45, 2.75) is 23.8 Å². The second kappa shape index (κ2) is 8.11. The maximum atomic E-state index is 12.7. The van der Waals surface area contributed by atoms with Crippen molar-refractivity contribution in [2.75, 3.05) is 33.9 Å². The average molecular weight is 380 g/mol. The second-order valence-corrected chi connectivity index (χ2v) is 7.91. The molecule has 7 nitrogen and oxygen atoms in total. The molecule has 2 aromatic rings. The summed E-state index contributed by atoms with van der Waals surface area (Å²) >= 11 is 0. The predicted molar refractivity (Wildman–Crippen MR) is 97.0 cm³/mol. The number of ether oxygens (including phenoxy) is 2. The monoisotopic (exact) mass is 380 g/mol. The Hall–Kier alpha value is -2.03. The van der Waals surface area contributed by atoms with Gasteiger partial charge in [-0.3, -0.25) is 4.90 Å². The fourth-order valence-electron chi connectivity index (χ4n) is 3.20. The normalized spacial score (nSPS) is 16.5. The van der Waals surface area contributed by atoms with E-state index >= 15 is 0 Å². The van der Waals surface area contributed by atoms with Crippen molar-refractivity contribution in [2.24, 2.45) is 0 Å². The van der Waals surface area contributed by atoms with Gasteiger partial charge in [-0.1, -0.05) is 0 Å². The van der Waals surface area contributed by atoms with Crippen LogP contribution in [0.4, 0.5) is 0 Å². The summed E-state index contributed by atoms with van der Waals surface area (Å²) in [6.45, 7) is 2.11. The molecular weight excluding hydrogens is 356 g/mol. The largest absolute Gasteiger partial charge is 0.493 e. The van der Waals surface area contributed by atoms with Crippen molar-refractivity contribution < 1.29 is 22.3 Å². The predicted octanol–water partition coefficient (Wildman–Crippen LogP) is 2.41. The fraction of sp³-hybridized carbons (Fsp3) is 0.444. The topological polar surface area (TPSA) is 81.0 Å². The Morgan fingerprint density at radius 3 is 2.50 bits per heavy atom. The van der Waals surface area contributed by atoms with Crippen LogP contribution < -0.4 is 14.2 Å². The van der Waals surface area contributed by atoms with Gasteiger partial charge < -0.3 is 13.9 Å². The van der Waals surface area contributed by atoms with Gasteiger partial charge in [0.15, 0.2) is 11.5 Å². The molecule has 1 N–H and O–H groups in total. The first-order valence-corrected chi connectivity index (χ1v) is 10.0. The summed E-state index contributed by atoms with van der Waals surface area (Å²) in [5.74, 6) is 1.62. The Kier molecular flexibility index (Phi) is 5.85. The van der Waals surface area contributed by atoms with Crippen molar-refractivity contribution in [3.8, 4) is 11.5 Å². The molecule has 0 spiro atoms. The summed E-state index contributed by atoms with van der Waals surface area (Å²) in [7, 11) is -0.705. The van der Waals surface area contributed by atoms with Crippen LogP contribution in [0.3, 0.4) is 0 Å². The molecule has 26 heavy (non-hydrogen) atoms. The Bertz CT molecular complexity index is 814. The summed E-state index contributed by atoms with van der Waals surface area (Å²) in [4.78, 5) is 2.38. The first-order valence-electron chi connectivity index (χ1n) is 8.54. The highest BCUT2D eigenvalue weighted by atomic mass is 32.2. The number of nitrogens with zero attached hydrogens (tertiary/aromatic N) is 1. The number of hydrogen-bond acceptors (Lipinski definition) is 6. The van der Waals surface area contributed by atoms with Gasteiger partial charge in [-0.15, -0.1) is 0 Å². The lowest BCUT2D eigenvalue weighted by Crippen LogP contribution is -2.36. The zero-order chi connectivity index (χ0) is 18.6. The van der Waals surface area contributed by atoms with Crippen LogP contribution in [0.15, 0.2) is 45.9 Å². The lowest BCUT2D eigenvalue weighted by atomic mass is 10.2. The van der Waals surface area contributed by atoms with E-state index in [9.17, 15) is 8.42 Å². The van der Waals surface area contributed by atoms with Crippen molar-refractivity contribution >= 4 is 10.0 Å². The molecule has 142 valence electrons. The molecule has 1 saturated heterocycles. The van der Waals surface area contributed by atoms with E-state index in [0.717, 1.165) is 31.7 Å². The number of hydrogen-bond donors (Lipinski definition) is 1. The molecule has 1 aliphatic heterocycles. The molecule has 3 rings (SSSR count). The van der Waals surface area contributed by atoms with E-state index in [-0.39, 0.29) is 17.5 Å². The standard InChI is InChI=1S/C18H24N2O5S/c1-23-17-8-7-14(12-18(17)24-2)26(21,22)19-13-15(16-6-5-11-25-16)20-9-3-4-10-20/h5-8,11-12,15,19H,3-4,9-10,13H2,1-2H3. The van der Waals surface area contributed by atoms with Crippen molar-refractivity contribution in [1.82, 2.24) is 9.62 Å². The molecular formula is C18H24N2O5S. The minimum atomic E-state index is -3.69. The summed E-state index contributed by atoms with van der Waals surface area (Å²) in [5.41, 5.74) is 0. The molecule has 0 amide bonds. The molecule has 1 unspecified atom stereocenters. The van der Waals surface area contributed by atoms with Crippen LogP contribution in [-0.4, -0.2) is 47.2 Å². The average Bonchev–Trinajstić information content (AvgIpc) is 3.35. The number of likely N-dealkylation sites (tertiary alicyclic amines) is 1. The Morgan fingerprint density at radius 2 is 1.88 bits per heavy atom. The maximum Gasteiger partial charge on any atom is 0.240 e. The molecule has 1 aliphatic rings. The van der Waals surface area contributed by atoms with E-state index in [2.05, 4.69) is 9.62 Å². The first-order chi connectivity index (χ1) is 12.5. The minimum absolute atomic E-state index is 0.123. The van der Waals surface area contributed by atoms with Gasteiger partial charge in [0.1, 0.15) is 5.76 Å². The highest BCUT2D eigenvalue weighted by Gasteiger charge is 2.27. The molecule has 2 heterocycles. The number of furan rings is 1. The maximum absolute atomic E-state index is 12.7. The minimum Gasteiger partial charge on any atom is -0.493 e. The fourth-order valence-corrected chi connectivity index (χ4v) is 4.25. The van der Waals surface area contributed by atoms with E-state index < -0.39 is 10.0 Å². The Labute approximate surface area is 153 Å². The van der Waals surface area contributed by atoms with Gasteiger partial charge in [-0.2, -0.15) is 0 Å². The zero-order valence-electron chi connectivity index (χ0n) is 15.0. The molecule has 1 aromatic carbocycles. The lowest BCUT2D eigenvalue weighted by molar-refractivity contribution is 0.216. The SMILES string of the molecule is COc1ccc(S(=O)(=O)NCC(c2ccco2)N2CCCC2)cc1OC. The third-order valence-electron chi connectivity index (χ3n) is 4.59. The second-order valence-electron chi connectivity index (χ2n) is 6.14. The van der Waals surface area contributed by atoms with Crippen LogP contribution in [-0.2, 0) is 10.0 Å². The third kappa shape index (κ3) is 4.03. The molecule has 8 heteroatoms. The lowest BCUT2D eigenvalue weighted by Gasteiger charge is -2.26. The summed E-state index contributed by atoms with van der Waals surface area (Å²) < 4.78 is 44.1. The van der Waals surface area contributed by atoms with E-state index in [4.69, 9.17) is 13.9 Å². The van der Waals surface area contributed by atoms with Crippen LogP contribution in [0.2, 0.25) is 0 Å². The van der Waals surface area contributed by atoms with E-state index in [1.807, 2.05) is 12.1 Å². The number of sulfonamides is 1. The molecule has 1 aromatic heterocycles. The van der Waals surface area contributed by atoms with Gasteiger partial charge in [-0.05, 0) is 50.2 Å². The van der Waals surface area contributed by atoms with Crippen LogP contribution in [0, 0.1) is 0 Å². The van der Waals surface area contributed by atoms with Crippen molar-refractivity contribution in [3.63, 3.8) is 0 Å². The van der Waals surface area contributed by atoms with Gasteiger partial charge in [0.2, 0.25) is 10.0 Å². The molecule has 0 aliphatic carbocycles. The number of benzene rings is 1. The Morgan fingerprint density at radius 1 is 1.15 bits per heavy atom. The highest BCUT2D eigenvalue weighted by molar-refractivity contribution is 7.89. The van der Waals surface area contributed by atoms with Gasteiger partial charge in [0.25, 0.3) is 0 Å². The highest BCUT2D eigenvalue weighted by Crippen LogP contribution is 2.30.